The average Bonchev–Trinajstić information content (AvgIpc) is 3.45. The molecule has 0 bridgehead atoms. The molecule has 2 aliphatic rings. The molecule has 2 atom stereocenters. The number of nitrogens with two attached hydrogens (primary N) is 2. The molecule has 2 aromatic rings. The molecule has 8 heteroatoms. The van der Waals surface area contributed by atoms with Crippen molar-refractivity contribution in [3.8, 4) is 17.6 Å². The first-order valence-electron chi connectivity index (χ1n) is 14.3. The number of allylic oxidation sites excluding steroid dienone is 1. The summed E-state index contributed by atoms with van der Waals surface area (Å²) in [6.07, 6.45) is 6.42. The molecule has 4 N–H and O–H groups in total. The molecule has 1 fully saturated rings. The van der Waals surface area contributed by atoms with Crippen LogP contribution >= 0.6 is 0 Å². The van der Waals surface area contributed by atoms with Crippen LogP contribution in [-0.4, -0.2) is 43.5 Å². The number of benzene rings is 2. The van der Waals surface area contributed by atoms with Crippen LogP contribution in [0.5, 0.6) is 5.75 Å². The number of ether oxygens (including phenoxy) is 4. The molecule has 1 aliphatic heterocycles. The topological polar surface area (TPSA) is 123 Å². The van der Waals surface area contributed by atoms with E-state index >= 15 is 0 Å². The molecule has 218 valence electrons. The minimum absolute atomic E-state index is 0.0456. The van der Waals surface area contributed by atoms with Crippen LogP contribution in [0.4, 0.5) is 0 Å². The first-order valence-corrected chi connectivity index (χ1v) is 14.3. The molecule has 2 aromatic carbocycles. The minimum Gasteiger partial charge on any atom is -0.489 e. The Morgan fingerprint density at radius 1 is 1.12 bits per heavy atom. The summed E-state index contributed by atoms with van der Waals surface area (Å²) >= 11 is 0. The van der Waals surface area contributed by atoms with Crippen molar-refractivity contribution in [1.82, 2.24) is 0 Å². The molecule has 41 heavy (non-hydrogen) atoms. The van der Waals surface area contributed by atoms with E-state index in [2.05, 4.69) is 42.2 Å². The maximum atomic E-state index is 12.6. The zero-order chi connectivity index (χ0) is 29.1. The van der Waals surface area contributed by atoms with Gasteiger partial charge in [0.1, 0.15) is 18.4 Å². The van der Waals surface area contributed by atoms with Crippen LogP contribution in [0, 0.1) is 11.8 Å². The van der Waals surface area contributed by atoms with Crippen molar-refractivity contribution in [2.75, 3.05) is 19.8 Å². The highest BCUT2D eigenvalue weighted by molar-refractivity contribution is 5.89. The van der Waals surface area contributed by atoms with Gasteiger partial charge in [0, 0.05) is 25.2 Å². The first-order chi connectivity index (χ1) is 19.9. The van der Waals surface area contributed by atoms with Gasteiger partial charge in [-0.3, -0.25) is 4.79 Å². The molecule has 0 unspecified atom stereocenters. The van der Waals surface area contributed by atoms with Gasteiger partial charge >= 0.3 is 11.9 Å². The molecule has 0 aromatic heterocycles. The molecule has 1 heterocycles. The lowest BCUT2D eigenvalue weighted by molar-refractivity contribution is -0.161. The van der Waals surface area contributed by atoms with E-state index in [4.69, 9.17) is 30.4 Å². The van der Waals surface area contributed by atoms with E-state index in [0.29, 0.717) is 51.4 Å². The molecule has 1 spiro atoms. The molecular formula is C33H40N2O6. The fourth-order valence-electron chi connectivity index (χ4n) is 5.24. The number of hydrogen-bond acceptors (Lipinski definition) is 8. The standard InChI is InChI=1S/C33H40N2O6/c1-2-3-4-10-30(36)41-32(37)31(35)29(9-6-19-34)26-11-13-28(14-12-26)38-23-24-7-5-8-27(22-24)25-15-17-33(18-16-25)39-20-21-40-33/h5,7-8,11-15,22,29,31H,4,6,9-10,16-21,23,34-35H2,1H3/t29-,31+/m1/s1. The van der Waals surface area contributed by atoms with Gasteiger partial charge in [-0.1, -0.05) is 36.4 Å². The van der Waals surface area contributed by atoms with Gasteiger partial charge in [-0.2, -0.15) is 0 Å². The molecule has 0 saturated carbocycles. The Balaban J connectivity index is 1.35. The summed E-state index contributed by atoms with van der Waals surface area (Å²) < 4.78 is 22.7. The number of hydrogen-bond donors (Lipinski definition) is 2. The molecule has 4 rings (SSSR count). The Morgan fingerprint density at radius 3 is 2.59 bits per heavy atom. The molecule has 1 aliphatic carbocycles. The van der Waals surface area contributed by atoms with Gasteiger partial charge in [0.2, 0.25) is 0 Å². The summed E-state index contributed by atoms with van der Waals surface area (Å²) in [4.78, 5) is 24.6. The van der Waals surface area contributed by atoms with E-state index in [1.54, 1.807) is 6.92 Å². The zero-order valence-corrected chi connectivity index (χ0v) is 23.7. The predicted octanol–water partition coefficient (Wildman–Crippen LogP) is 4.60. The zero-order valence-electron chi connectivity index (χ0n) is 23.7. The third kappa shape index (κ3) is 8.51. The summed E-state index contributed by atoms with van der Waals surface area (Å²) in [6.45, 7) is 3.91. The van der Waals surface area contributed by atoms with Crippen molar-refractivity contribution < 1.29 is 28.5 Å². The van der Waals surface area contributed by atoms with Crippen LogP contribution < -0.4 is 16.2 Å². The van der Waals surface area contributed by atoms with Crippen molar-refractivity contribution in [2.24, 2.45) is 11.5 Å². The van der Waals surface area contributed by atoms with Gasteiger partial charge < -0.3 is 30.4 Å². The summed E-state index contributed by atoms with van der Waals surface area (Å²) in [5, 5.41) is 0. The minimum atomic E-state index is -0.993. The second kappa shape index (κ2) is 14.9. The normalized spacial score (nSPS) is 17.2. The molecule has 0 amide bonds. The molecule has 8 nitrogen and oxygen atoms in total. The largest absolute Gasteiger partial charge is 0.489 e. The Labute approximate surface area is 242 Å². The van der Waals surface area contributed by atoms with Crippen molar-refractivity contribution in [3.05, 3.63) is 71.3 Å². The van der Waals surface area contributed by atoms with Crippen LogP contribution in [-0.2, 0) is 30.4 Å². The van der Waals surface area contributed by atoms with Crippen molar-refractivity contribution in [3.63, 3.8) is 0 Å². The fourth-order valence-corrected chi connectivity index (χ4v) is 5.24. The van der Waals surface area contributed by atoms with Crippen molar-refractivity contribution in [1.29, 1.82) is 0 Å². The second-order valence-electron chi connectivity index (χ2n) is 10.4. The number of carbonyl (C=O) groups excluding carboxylic acids is 2. The predicted molar refractivity (Wildman–Crippen MR) is 156 cm³/mol. The quantitative estimate of drug-likeness (QED) is 0.219. The Morgan fingerprint density at radius 2 is 1.90 bits per heavy atom. The lowest BCUT2D eigenvalue weighted by Gasteiger charge is -2.30. The summed E-state index contributed by atoms with van der Waals surface area (Å²) in [6, 6.07) is 14.9. The SMILES string of the molecule is CC#CCCC(=O)OC(=O)[C@@H](N)[C@H](CCCN)c1ccc(OCc2cccc(C3=CCC4(CC3)OCCO4)c2)cc1. The lowest BCUT2D eigenvalue weighted by Crippen LogP contribution is -2.39. The van der Waals surface area contributed by atoms with Gasteiger partial charge in [0.25, 0.3) is 0 Å². The van der Waals surface area contributed by atoms with Crippen LogP contribution in [0.15, 0.2) is 54.6 Å². The van der Waals surface area contributed by atoms with E-state index in [-0.39, 0.29) is 12.3 Å². The van der Waals surface area contributed by atoms with E-state index in [9.17, 15) is 9.59 Å². The Kier molecular flexibility index (Phi) is 11.1. The average molecular weight is 561 g/mol. The van der Waals surface area contributed by atoms with Gasteiger partial charge in [-0.25, -0.2) is 4.79 Å². The van der Waals surface area contributed by atoms with E-state index in [0.717, 1.165) is 30.4 Å². The highest BCUT2D eigenvalue weighted by Gasteiger charge is 2.37. The van der Waals surface area contributed by atoms with E-state index < -0.39 is 23.8 Å². The lowest BCUT2D eigenvalue weighted by atomic mass is 9.87. The first kappa shape index (κ1) is 30.5. The number of esters is 2. The van der Waals surface area contributed by atoms with Gasteiger partial charge in [-0.05, 0) is 73.2 Å². The Hall–Kier alpha value is -3.48. The maximum Gasteiger partial charge on any atom is 0.331 e. The highest BCUT2D eigenvalue weighted by Crippen LogP contribution is 2.38. The molecular weight excluding hydrogens is 520 g/mol. The third-order valence-corrected chi connectivity index (χ3v) is 7.53. The third-order valence-electron chi connectivity index (χ3n) is 7.53. The summed E-state index contributed by atoms with van der Waals surface area (Å²) in [5.74, 6) is 4.05. The number of rotatable bonds is 12. The van der Waals surface area contributed by atoms with Gasteiger partial charge in [-0.15, -0.1) is 11.8 Å². The van der Waals surface area contributed by atoms with Crippen LogP contribution in [0.3, 0.4) is 0 Å². The fraction of sp³-hybridized carbons (Fsp3) is 0.455. The van der Waals surface area contributed by atoms with E-state index in [1.807, 2.05) is 24.3 Å². The summed E-state index contributed by atoms with van der Waals surface area (Å²) in [5.41, 5.74) is 16.4. The smallest absolute Gasteiger partial charge is 0.331 e. The Bertz CT molecular complexity index is 1270. The second-order valence-corrected chi connectivity index (χ2v) is 10.4. The van der Waals surface area contributed by atoms with Crippen LogP contribution in [0.1, 0.15) is 74.5 Å². The van der Waals surface area contributed by atoms with Crippen molar-refractivity contribution in [2.45, 2.75) is 76.2 Å². The maximum absolute atomic E-state index is 12.6. The van der Waals surface area contributed by atoms with Crippen molar-refractivity contribution >= 4 is 17.5 Å². The van der Waals surface area contributed by atoms with Gasteiger partial charge in [0.05, 0.1) is 19.6 Å². The summed E-state index contributed by atoms with van der Waals surface area (Å²) in [7, 11) is 0. The number of carbonyl (C=O) groups is 2. The van der Waals surface area contributed by atoms with Crippen LogP contribution in [0.2, 0.25) is 0 Å². The monoisotopic (exact) mass is 560 g/mol. The van der Waals surface area contributed by atoms with Crippen LogP contribution in [0.25, 0.3) is 5.57 Å². The van der Waals surface area contributed by atoms with E-state index in [1.165, 1.54) is 11.1 Å². The highest BCUT2D eigenvalue weighted by atomic mass is 16.7. The molecule has 1 saturated heterocycles. The van der Waals surface area contributed by atoms with Gasteiger partial charge in [0.15, 0.2) is 5.79 Å². The molecule has 0 radical (unpaired) electrons.